The van der Waals surface area contributed by atoms with Crippen LogP contribution in [0.25, 0.3) is 0 Å². The number of nitrogens with one attached hydrogen (secondary N) is 1. The summed E-state index contributed by atoms with van der Waals surface area (Å²) in [5, 5.41) is 0.140. The van der Waals surface area contributed by atoms with Gasteiger partial charge in [0.2, 0.25) is 15.9 Å². The van der Waals surface area contributed by atoms with Gasteiger partial charge in [-0.1, -0.05) is 23.7 Å². The van der Waals surface area contributed by atoms with Crippen molar-refractivity contribution < 1.29 is 18.0 Å². The molecule has 5 saturated carbocycles. The molecule has 0 saturated heterocycles. The van der Waals surface area contributed by atoms with E-state index in [-0.39, 0.29) is 27.0 Å². The molecule has 1 aromatic carbocycles. The lowest BCUT2D eigenvalue weighted by Gasteiger charge is -2.61. The van der Waals surface area contributed by atoms with Gasteiger partial charge in [0.1, 0.15) is 4.90 Å². The van der Waals surface area contributed by atoms with Gasteiger partial charge < -0.3 is 5.73 Å². The van der Waals surface area contributed by atoms with Crippen LogP contribution in [0.1, 0.15) is 64.2 Å². The Morgan fingerprint density at radius 2 is 1.74 bits per heavy atom. The fourth-order valence-electron chi connectivity index (χ4n) is 7.40. The van der Waals surface area contributed by atoms with Crippen molar-refractivity contribution >= 4 is 33.3 Å². The van der Waals surface area contributed by atoms with E-state index in [4.69, 9.17) is 17.3 Å². The number of rotatable bonds is 7. The van der Waals surface area contributed by atoms with Crippen LogP contribution in [0.5, 0.6) is 0 Å². The number of sulfonamides is 1. The number of nitrogens with two attached hydrogens (primary N) is 1. The van der Waals surface area contributed by atoms with Crippen molar-refractivity contribution in [3.05, 3.63) is 29.3 Å². The molecule has 8 heteroatoms. The van der Waals surface area contributed by atoms with Crippen molar-refractivity contribution in [2.75, 3.05) is 0 Å². The lowest BCUT2D eigenvalue weighted by atomic mass is 9.43. The molecule has 5 aliphatic carbocycles. The van der Waals surface area contributed by atoms with Gasteiger partial charge in [-0.15, -0.1) is 0 Å². The van der Waals surface area contributed by atoms with Gasteiger partial charge in [0.05, 0.1) is 16.0 Å². The Balaban J connectivity index is 1.39. The minimum Gasteiger partial charge on any atom is -0.369 e. The molecule has 31 heavy (non-hydrogen) atoms. The first-order chi connectivity index (χ1) is 14.6. The third kappa shape index (κ3) is 3.44. The van der Waals surface area contributed by atoms with Crippen LogP contribution in [-0.2, 0) is 19.6 Å². The molecule has 168 valence electrons. The molecule has 3 N–H and O–H groups in total. The van der Waals surface area contributed by atoms with Crippen molar-refractivity contribution in [1.29, 1.82) is 0 Å². The van der Waals surface area contributed by atoms with Crippen LogP contribution in [0.3, 0.4) is 0 Å². The molecule has 0 heterocycles. The topological polar surface area (TPSA) is 106 Å². The van der Waals surface area contributed by atoms with E-state index in [0.717, 1.165) is 38.5 Å². The van der Waals surface area contributed by atoms with Gasteiger partial charge >= 0.3 is 0 Å². The molecule has 1 aromatic rings. The number of carbonyl (C=O) groups excluding carboxylic acids is 2. The minimum absolute atomic E-state index is 0.00164. The molecule has 5 fully saturated rings. The number of benzene rings is 1. The number of carbonyl (C=O) groups is 2. The van der Waals surface area contributed by atoms with Crippen molar-refractivity contribution in [3.63, 3.8) is 0 Å². The van der Waals surface area contributed by atoms with E-state index in [9.17, 15) is 18.0 Å². The average molecular weight is 465 g/mol. The maximum atomic E-state index is 13.6. The van der Waals surface area contributed by atoms with Crippen LogP contribution in [0.2, 0.25) is 5.02 Å². The summed E-state index contributed by atoms with van der Waals surface area (Å²) in [4.78, 5) is 26.0. The van der Waals surface area contributed by atoms with Crippen molar-refractivity contribution in [2.45, 2.75) is 74.6 Å². The molecule has 0 aliphatic heterocycles. The summed E-state index contributed by atoms with van der Waals surface area (Å²) in [6.07, 6.45) is 7.49. The standard InChI is InChI=1S/C23H29ClN2O4S/c24-17-4-1-2-5-18(17)31(29,30)26-23(6-3-7-23)19(27)13-21-9-15-8-16(10-21)12-22(11-15,14-21)20(25)28/h1-2,4-5,15-16,26H,3,6-14H2,(H2,25,28). The van der Waals surface area contributed by atoms with Crippen LogP contribution >= 0.6 is 11.6 Å². The maximum absolute atomic E-state index is 13.6. The normalized spacial score (nSPS) is 35.5. The van der Waals surface area contributed by atoms with E-state index < -0.39 is 21.0 Å². The van der Waals surface area contributed by atoms with E-state index in [1.807, 2.05) is 0 Å². The summed E-state index contributed by atoms with van der Waals surface area (Å²) in [6, 6.07) is 6.28. The first kappa shape index (κ1) is 21.4. The van der Waals surface area contributed by atoms with Crippen LogP contribution in [0, 0.1) is 22.7 Å². The highest BCUT2D eigenvalue weighted by Crippen LogP contribution is 2.66. The summed E-state index contributed by atoms with van der Waals surface area (Å²) < 4.78 is 28.8. The highest BCUT2D eigenvalue weighted by molar-refractivity contribution is 7.89. The van der Waals surface area contributed by atoms with Gasteiger partial charge in [-0.05, 0) is 87.2 Å². The first-order valence-corrected chi connectivity index (χ1v) is 13.1. The smallest absolute Gasteiger partial charge is 0.242 e. The van der Waals surface area contributed by atoms with Gasteiger partial charge in [0, 0.05) is 6.42 Å². The zero-order valence-corrected chi connectivity index (χ0v) is 19.1. The Bertz CT molecular complexity index is 1040. The third-order valence-corrected chi connectivity index (χ3v) is 10.5. The lowest BCUT2D eigenvalue weighted by Crippen LogP contribution is -2.62. The fraction of sp³-hybridized carbons (Fsp3) is 0.652. The Hall–Kier alpha value is -1.44. The number of primary amides is 1. The van der Waals surface area contributed by atoms with E-state index in [0.29, 0.717) is 37.5 Å². The molecule has 5 aliphatic rings. The number of hydrogen-bond acceptors (Lipinski definition) is 4. The van der Waals surface area contributed by atoms with Crippen LogP contribution in [0.15, 0.2) is 29.2 Å². The van der Waals surface area contributed by atoms with Gasteiger partial charge in [0.25, 0.3) is 0 Å². The molecule has 2 atom stereocenters. The largest absolute Gasteiger partial charge is 0.369 e. The Morgan fingerprint density at radius 1 is 1.10 bits per heavy atom. The molecule has 4 bridgehead atoms. The highest BCUT2D eigenvalue weighted by atomic mass is 35.5. The highest BCUT2D eigenvalue weighted by Gasteiger charge is 2.61. The van der Waals surface area contributed by atoms with Crippen molar-refractivity contribution in [3.8, 4) is 0 Å². The first-order valence-electron chi connectivity index (χ1n) is 11.2. The number of ketones is 1. The Labute approximate surface area is 188 Å². The summed E-state index contributed by atoms with van der Waals surface area (Å²) in [6.45, 7) is 0. The van der Waals surface area contributed by atoms with Gasteiger partial charge in [-0.3, -0.25) is 9.59 Å². The van der Waals surface area contributed by atoms with Crippen molar-refractivity contribution in [2.24, 2.45) is 28.4 Å². The third-order valence-electron chi connectivity index (χ3n) is 8.44. The predicted molar refractivity (Wildman–Crippen MR) is 117 cm³/mol. The maximum Gasteiger partial charge on any atom is 0.242 e. The molecular formula is C23H29ClN2O4S. The molecule has 6 nitrogen and oxygen atoms in total. The van der Waals surface area contributed by atoms with E-state index >= 15 is 0 Å². The second kappa shape index (κ2) is 7.03. The predicted octanol–water partition coefficient (Wildman–Crippen LogP) is 3.57. The number of hydrogen-bond donors (Lipinski definition) is 2. The molecule has 6 rings (SSSR count). The van der Waals surface area contributed by atoms with Crippen LogP contribution in [-0.4, -0.2) is 25.6 Å². The zero-order chi connectivity index (χ0) is 22.1. The number of amides is 1. The van der Waals surface area contributed by atoms with E-state index in [2.05, 4.69) is 4.72 Å². The monoisotopic (exact) mass is 464 g/mol. The molecule has 0 radical (unpaired) electrons. The second-order valence-electron chi connectivity index (χ2n) is 10.7. The summed E-state index contributed by atoms with van der Waals surface area (Å²) in [5.41, 5.74) is 4.06. The zero-order valence-electron chi connectivity index (χ0n) is 17.5. The molecule has 0 spiro atoms. The number of halogens is 1. The van der Waals surface area contributed by atoms with E-state index in [1.165, 1.54) is 12.1 Å². The van der Waals surface area contributed by atoms with Gasteiger partial charge in [0.15, 0.2) is 5.78 Å². The van der Waals surface area contributed by atoms with Crippen LogP contribution in [0.4, 0.5) is 0 Å². The molecule has 0 aromatic heterocycles. The molecule has 2 unspecified atom stereocenters. The second-order valence-corrected chi connectivity index (χ2v) is 12.7. The van der Waals surface area contributed by atoms with Gasteiger partial charge in [-0.25, -0.2) is 8.42 Å². The van der Waals surface area contributed by atoms with Crippen LogP contribution < -0.4 is 10.5 Å². The fourth-order valence-corrected chi connectivity index (χ4v) is 9.37. The summed E-state index contributed by atoms with van der Waals surface area (Å²) in [5.74, 6) is 0.615. The molecule has 1 amide bonds. The van der Waals surface area contributed by atoms with E-state index in [1.54, 1.807) is 12.1 Å². The summed E-state index contributed by atoms with van der Waals surface area (Å²) >= 11 is 6.12. The number of Topliss-reactive ketones (excluding diaryl/α,β-unsaturated/α-hetero) is 1. The Kier molecular flexibility index (Phi) is 4.85. The average Bonchev–Trinajstić information content (AvgIpc) is 2.63. The minimum atomic E-state index is -3.92. The van der Waals surface area contributed by atoms with Gasteiger partial charge in [-0.2, -0.15) is 4.72 Å². The van der Waals surface area contributed by atoms with Crippen molar-refractivity contribution in [1.82, 2.24) is 4.72 Å². The summed E-state index contributed by atoms with van der Waals surface area (Å²) in [7, 11) is -3.92. The SMILES string of the molecule is NC(=O)C12CC3CC(CC(CC(=O)C4(NS(=O)(=O)c5ccccc5Cl)CCC4)(C3)C1)C2. The molecular weight excluding hydrogens is 436 g/mol. The lowest BCUT2D eigenvalue weighted by molar-refractivity contribution is -0.159. The quantitative estimate of drug-likeness (QED) is 0.643. The Morgan fingerprint density at radius 3 is 2.29 bits per heavy atom.